The van der Waals surface area contributed by atoms with Crippen molar-refractivity contribution in [3.63, 3.8) is 0 Å². The van der Waals surface area contributed by atoms with Gasteiger partial charge in [-0.05, 0) is 82.0 Å². The molecule has 0 atom stereocenters. The third-order valence-corrected chi connectivity index (χ3v) is 8.34. The van der Waals surface area contributed by atoms with Crippen LogP contribution in [0.2, 0.25) is 10.0 Å². The summed E-state index contributed by atoms with van der Waals surface area (Å²) in [7, 11) is 0. The fourth-order valence-corrected chi connectivity index (χ4v) is 6.19. The fraction of sp³-hybridized carbons (Fsp3) is 0.129. The maximum atomic E-state index is 13.1. The van der Waals surface area contributed by atoms with E-state index in [1.165, 1.54) is 0 Å². The predicted octanol–water partition coefficient (Wildman–Crippen LogP) is 8.56. The minimum atomic E-state index is -0.551. The molecule has 7 nitrogen and oxygen atoms in total. The molecule has 4 aromatic rings. The summed E-state index contributed by atoms with van der Waals surface area (Å²) in [5.74, 6) is -0.126. The van der Waals surface area contributed by atoms with Crippen LogP contribution in [0.1, 0.15) is 18.1 Å². The third kappa shape index (κ3) is 6.76. The third-order valence-electron chi connectivity index (χ3n) is 6.26. The van der Waals surface area contributed by atoms with Crippen molar-refractivity contribution in [3.05, 3.63) is 103 Å². The highest BCUT2D eigenvalue weighted by molar-refractivity contribution is 9.10. The van der Waals surface area contributed by atoms with Crippen molar-refractivity contribution in [2.45, 2.75) is 13.5 Å². The van der Waals surface area contributed by atoms with Gasteiger partial charge < -0.3 is 14.8 Å². The van der Waals surface area contributed by atoms with Gasteiger partial charge in [-0.25, -0.2) is 0 Å². The number of imide groups is 1. The predicted molar refractivity (Wildman–Crippen MR) is 171 cm³/mol. The van der Waals surface area contributed by atoms with Gasteiger partial charge >= 0.3 is 0 Å². The Bertz CT molecular complexity index is 1740. The number of thioether (sulfide) groups is 1. The molecule has 5 rings (SSSR count). The fourth-order valence-electron chi connectivity index (χ4n) is 4.32. The van der Waals surface area contributed by atoms with Crippen molar-refractivity contribution < 1.29 is 23.9 Å². The maximum Gasteiger partial charge on any atom is 0.294 e. The normalized spacial score (nSPS) is 14.1. The van der Waals surface area contributed by atoms with E-state index in [0.29, 0.717) is 43.9 Å². The summed E-state index contributed by atoms with van der Waals surface area (Å²) in [4.78, 5) is 39.8. The van der Waals surface area contributed by atoms with E-state index in [2.05, 4.69) is 21.2 Å². The molecule has 0 saturated carbocycles. The summed E-state index contributed by atoms with van der Waals surface area (Å²) < 4.78 is 12.4. The highest BCUT2D eigenvalue weighted by atomic mass is 79.9. The number of carbonyl (C=O) groups excluding carboxylic acids is 3. The molecule has 0 unspecified atom stereocenters. The van der Waals surface area contributed by atoms with Gasteiger partial charge in [-0.2, -0.15) is 0 Å². The second kappa shape index (κ2) is 13.2. The molecule has 3 amide bonds. The topological polar surface area (TPSA) is 84.9 Å². The molecule has 0 bridgehead atoms. The second-order valence-corrected chi connectivity index (χ2v) is 11.8. The van der Waals surface area contributed by atoms with Crippen molar-refractivity contribution in [2.24, 2.45) is 0 Å². The minimum Gasteiger partial charge on any atom is -0.490 e. The Hall–Kier alpha value is -3.50. The lowest BCUT2D eigenvalue weighted by molar-refractivity contribution is -0.127. The Morgan fingerprint density at radius 2 is 1.81 bits per heavy atom. The van der Waals surface area contributed by atoms with Crippen molar-refractivity contribution in [1.82, 2.24) is 4.90 Å². The van der Waals surface area contributed by atoms with Gasteiger partial charge in [0, 0.05) is 26.7 Å². The standard InChI is InChI=1S/C31H23BrCl2N2O5S/c1-2-40-26-13-18(12-23(32)29(26)41-17-20-10-11-21(33)15-24(20)34)14-27-30(38)36(31(39)42-27)16-28(37)35-25-9-5-7-19-6-3-4-8-22(19)25/h3-15H,2,16-17H2,1H3,(H,35,37)/b27-14-. The largest absolute Gasteiger partial charge is 0.490 e. The lowest BCUT2D eigenvalue weighted by Gasteiger charge is -2.15. The summed E-state index contributed by atoms with van der Waals surface area (Å²) in [6.45, 7) is 1.98. The first-order valence-electron chi connectivity index (χ1n) is 12.8. The summed E-state index contributed by atoms with van der Waals surface area (Å²) >= 11 is 16.6. The van der Waals surface area contributed by atoms with Crippen LogP contribution in [0, 0.1) is 0 Å². The smallest absolute Gasteiger partial charge is 0.294 e. The summed E-state index contributed by atoms with van der Waals surface area (Å²) in [6.07, 6.45) is 1.58. The van der Waals surface area contributed by atoms with Crippen LogP contribution >= 0.6 is 50.9 Å². The number of carbonyl (C=O) groups is 3. The zero-order valence-electron chi connectivity index (χ0n) is 22.2. The molecular weight excluding hydrogens is 663 g/mol. The van der Waals surface area contributed by atoms with E-state index in [1.54, 1.807) is 42.5 Å². The Balaban J connectivity index is 1.31. The van der Waals surface area contributed by atoms with Crippen molar-refractivity contribution >= 4 is 90.5 Å². The molecule has 1 saturated heterocycles. The minimum absolute atomic E-state index is 0.174. The van der Waals surface area contributed by atoms with E-state index in [-0.39, 0.29) is 11.5 Å². The number of fused-ring (bicyclic) bond motifs is 1. The van der Waals surface area contributed by atoms with E-state index < -0.39 is 23.6 Å². The number of anilines is 1. The molecule has 0 aromatic heterocycles. The molecule has 1 heterocycles. The highest BCUT2D eigenvalue weighted by Crippen LogP contribution is 2.40. The van der Waals surface area contributed by atoms with Crippen molar-refractivity contribution in [3.8, 4) is 11.5 Å². The van der Waals surface area contributed by atoms with Gasteiger partial charge in [0.15, 0.2) is 11.5 Å². The van der Waals surface area contributed by atoms with Crippen LogP contribution in [0.15, 0.2) is 82.2 Å². The summed E-state index contributed by atoms with van der Waals surface area (Å²) in [5.41, 5.74) is 1.96. The molecule has 0 aliphatic carbocycles. The number of hydrogen-bond acceptors (Lipinski definition) is 6. The van der Waals surface area contributed by atoms with Gasteiger partial charge in [-0.3, -0.25) is 19.3 Å². The van der Waals surface area contributed by atoms with Crippen LogP contribution in [-0.2, 0) is 16.2 Å². The number of hydrogen-bond donors (Lipinski definition) is 1. The zero-order valence-corrected chi connectivity index (χ0v) is 26.1. The lowest BCUT2D eigenvalue weighted by atomic mass is 10.1. The molecule has 0 radical (unpaired) electrons. The molecule has 1 fully saturated rings. The van der Waals surface area contributed by atoms with Gasteiger partial charge in [-0.15, -0.1) is 0 Å². The van der Waals surface area contributed by atoms with Gasteiger partial charge in [0.1, 0.15) is 13.2 Å². The molecular formula is C31H23BrCl2N2O5S. The average Bonchev–Trinajstić information content (AvgIpc) is 3.21. The first-order chi connectivity index (χ1) is 20.2. The first kappa shape index (κ1) is 30.0. The van der Waals surface area contributed by atoms with E-state index in [0.717, 1.165) is 33.0 Å². The summed E-state index contributed by atoms with van der Waals surface area (Å²) in [5, 5.41) is 5.13. The summed E-state index contributed by atoms with van der Waals surface area (Å²) in [6, 6.07) is 21.8. The van der Waals surface area contributed by atoms with Crippen molar-refractivity contribution in [2.75, 3.05) is 18.5 Å². The van der Waals surface area contributed by atoms with Gasteiger partial charge in [0.05, 0.1) is 16.0 Å². The van der Waals surface area contributed by atoms with E-state index in [1.807, 2.05) is 43.3 Å². The first-order valence-corrected chi connectivity index (χ1v) is 15.2. The van der Waals surface area contributed by atoms with Gasteiger partial charge in [-0.1, -0.05) is 65.7 Å². The van der Waals surface area contributed by atoms with Crippen LogP contribution in [0.4, 0.5) is 10.5 Å². The van der Waals surface area contributed by atoms with Crippen LogP contribution in [0.25, 0.3) is 16.8 Å². The van der Waals surface area contributed by atoms with Gasteiger partial charge in [0.25, 0.3) is 11.1 Å². The molecule has 11 heteroatoms. The van der Waals surface area contributed by atoms with Crippen LogP contribution < -0.4 is 14.8 Å². The Morgan fingerprint density at radius 3 is 2.60 bits per heavy atom. The van der Waals surface area contributed by atoms with Crippen LogP contribution in [0.5, 0.6) is 11.5 Å². The van der Waals surface area contributed by atoms with Crippen LogP contribution in [0.3, 0.4) is 0 Å². The number of nitrogens with one attached hydrogen (secondary N) is 1. The second-order valence-electron chi connectivity index (χ2n) is 9.13. The number of amides is 3. The quantitative estimate of drug-likeness (QED) is 0.178. The van der Waals surface area contributed by atoms with E-state index in [4.69, 9.17) is 32.7 Å². The lowest BCUT2D eigenvalue weighted by Crippen LogP contribution is -2.36. The maximum absolute atomic E-state index is 13.1. The Kier molecular flexibility index (Phi) is 9.43. The number of ether oxygens (including phenoxy) is 2. The molecule has 1 aliphatic heterocycles. The van der Waals surface area contributed by atoms with Crippen molar-refractivity contribution in [1.29, 1.82) is 0 Å². The number of nitrogens with zero attached hydrogens (tertiary/aromatic N) is 1. The number of halogens is 3. The monoisotopic (exact) mass is 684 g/mol. The SMILES string of the molecule is CCOc1cc(/C=C2\SC(=O)N(CC(=O)Nc3cccc4ccccc34)C2=O)cc(Br)c1OCc1ccc(Cl)cc1Cl. The Labute approximate surface area is 264 Å². The molecule has 4 aromatic carbocycles. The zero-order chi connectivity index (χ0) is 29.8. The average molecular weight is 686 g/mol. The van der Waals surface area contributed by atoms with Crippen LogP contribution in [-0.4, -0.2) is 35.1 Å². The number of rotatable bonds is 9. The van der Waals surface area contributed by atoms with E-state index >= 15 is 0 Å². The molecule has 1 aliphatic rings. The molecule has 1 N–H and O–H groups in total. The number of benzene rings is 4. The van der Waals surface area contributed by atoms with E-state index in [9.17, 15) is 14.4 Å². The highest BCUT2D eigenvalue weighted by Gasteiger charge is 2.36. The molecule has 0 spiro atoms. The molecule has 42 heavy (non-hydrogen) atoms. The van der Waals surface area contributed by atoms with Gasteiger partial charge in [0.2, 0.25) is 5.91 Å². The molecule has 214 valence electrons. The Morgan fingerprint density at radius 1 is 1.02 bits per heavy atom.